The number of hydrogen-bond acceptors (Lipinski definition) is 4. The molecule has 0 aliphatic heterocycles. The van der Waals surface area contributed by atoms with Crippen LogP contribution in [-0.4, -0.2) is 27.9 Å². The third-order valence-corrected chi connectivity index (χ3v) is 5.69. The van der Waals surface area contributed by atoms with E-state index in [-0.39, 0.29) is 5.41 Å². The van der Waals surface area contributed by atoms with Crippen LogP contribution in [0.3, 0.4) is 0 Å². The molecule has 0 spiro atoms. The molecule has 6 nitrogen and oxygen atoms in total. The molecule has 1 aromatic heterocycles. The van der Waals surface area contributed by atoms with E-state index in [0.717, 1.165) is 27.7 Å². The fourth-order valence-electron chi connectivity index (χ4n) is 3.77. The van der Waals surface area contributed by atoms with Crippen molar-refractivity contribution in [3.05, 3.63) is 83.6 Å². The number of aryl methyl sites for hydroxylation is 1. The lowest BCUT2D eigenvalue weighted by Crippen LogP contribution is -2.22. The average molecular weight is 444 g/mol. The number of aromatic nitrogens is 2. The van der Waals surface area contributed by atoms with Crippen molar-refractivity contribution in [2.24, 2.45) is 0 Å². The Kier molecular flexibility index (Phi) is 5.95. The summed E-state index contributed by atoms with van der Waals surface area (Å²) < 4.78 is 7.14. The lowest BCUT2D eigenvalue weighted by Gasteiger charge is -2.16. The third kappa shape index (κ3) is 4.47. The first-order valence-corrected chi connectivity index (χ1v) is 10.9. The van der Waals surface area contributed by atoms with E-state index >= 15 is 0 Å². The van der Waals surface area contributed by atoms with Gasteiger partial charge < -0.3 is 15.2 Å². The van der Waals surface area contributed by atoms with Crippen molar-refractivity contribution in [2.75, 3.05) is 12.4 Å². The third-order valence-electron chi connectivity index (χ3n) is 5.69. The fourth-order valence-corrected chi connectivity index (χ4v) is 3.77. The van der Waals surface area contributed by atoms with Crippen LogP contribution in [0.5, 0.6) is 5.75 Å². The summed E-state index contributed by atoms with van der Waals surface area (Å²) in [5.41, 5.74) is 3.11. The summed E-state index contributed by atoms with van der Waals surface area (Å²) in [5.74, 6) is 0.666. The van der Waals surface area contributed by atoms with Gasteiger partial charge in [0.2, 0.25) is 0 Å². The number of nitrogens with zero attached hydrogens (tertiary/aromatic N) is 2. The normalized spacial score (nSPS) is 12.5. The monoisotopic (exact) mass is 443 g/mol. The van der Waals surface area contributed by atoms with Crippen molar-refractivity contribution in [2.45, 2.75) is 39.2 Å². The van der Waals surface area contributed by atoms with Gasteiger partial charge in [-0.3, -0.25) is 4.79 Å². The Morgan fingerprint density at radius 1 is 1.03 bits per heavy atom. The standard InChI is InChI=1S/C27H29N3O3/c1-17-10-12-18(13-11-17)30-24(16-23(29-30)27(2,3)4)28-26(32)25(31)21-14-15-22(33-5)20-9-7-6-8-19(20)21/h6-16,25,31H,1-5H3,(H,28,32). The van der Waals surface area contributed by atoms with Gasteiger partial charge in [-0.2, -0.15) is 5.10 Å². The van der Waals surface area contributed by atoms with Crippen molar-refractivity contribution < 1.29 is 14.6 Å². The van der Waals surface area contributed by atoms with Crippen LogP contribution in [-0.2, 0) is 10.2 Å². The van der Waals surface area contributed by atoms with Crippen LogP contribution in [0.1, 0.15) is 43.7 Å². The molecule has 0 saturated heterocycles. The highest BCUT2D eigenvalue weighted by molar-refractivity contribution is 5.99. The molecule has 0 bridgehead atoms. The molecule has 170 valence electrons. The van der Waals surface area contributed by atoms with Gasteiger partial charge in [0.15, 0.2) is 6.10 Å². The first-order chi connectivity index (χ1) is 15.7. The number of aliphatic hydroxyl groups is 1. The predicted molar refractivity (Wildman–Crippen MR) is 131 cm³/mol. The van der Waals surface area contributed by atoms with Gasteiger partial charge in [0, 0.05) is 16.9 Å². The first kappa shape index (κ1) is 22.6. The Morgan fingerprint density at radius 2 is 1.70 bits per heavy atom. The van der Waals surface area contributed by atoms with E-state index in [1.54, 1.807) is 23.9 Å². The Balaban J connectivity index is 1.71. The van der Waals surface area contributed by atoms with E-state index in [0.29, 0.717) is 17.1 Å². The molecule has 1 atom stereocenters. The van der Waals surface area contributed by atoms with E-state index in [2.05, 4.69) is 26.1 Å². The molecule has 4 aromatic rings. The summed E-state index contributed by atoms with van der Waals surface area (Å²) in [6.07, 6.45) is -1.36. The van der Waals surface area contributed by atoms with Crippen molar-refractivity contribution >= 4 is 22.5 Å². The summed E-state index contributed by atoms with van der Waals surface area (Å²) in [7, 11) is 1.60. The van der Waals surface area contributed by atoms with Crippen LogP contribution in [0.2, 0.25) is 0 Å². The van der Waals surface area contributed by atoms with E-state index in [4.69, 9.17) is 9.84 Å². The van der Waals surface area contributed by atoms with Crippen molar-refractivity contribution in [3.8, 4) is 11.4 Å². The lowest BCUT2D eigenvalue weighted by molar-refractivity contribution is -0.124. The number of aliphatic hydroxyl groups excluding tert-OH is 1. The summed E-state index contributed by atoms with van der Waals surface area (Å²) in [6.45, 7) is 8.22. The zero-order chi connectivity index (χ0) is 23.8. The molecule has 1 unspecified atom stereocenters. The van der Waals surface area contributed by atoms with Crippen LogP contribution in [0.4, 0.5) is 5.82 Å². The van der Waals surface area contributed by atoms with Gasteiger partial charge in [-0.15, -0.1) is 0 Å². The second kappa shape index (κ2) is 8.71. The Morgan fingerprint density at radius 3 is 2.33 bits per heavy atom. The predicted octanol–water partition coefficient (Wildman–Crippen LogP) is 5.31. The number of carbonyl (C=O) groups excluding carboxylic acids is 1. The molecule has 4 rings (SSSR count). The van der Waals surface area contributed by atoms with Gasteiger partial charge in [-0.05, 0) is 36.1 Å². The molecule has 3 aromatic carbocycles. The van der Waals surface area contributed by atoms with Gasteiger partial charge in [-0.1, -0.05) is 68.8 Å². The molecule has 0 radical (unpaired) electrons. The van der Waals surface area contributed by atoms with E-state index in [1.807, 2.05) is 61.5 Å². The van der Waals surface area contributed by atoms with E-state index < -0.39 is 12.0 Å². The van der Waals surface area contributed by atoms with Gasteiger partial charge >= 0.3 is 0 Å². The molecule has 2 N–H and O–H groups in total. The van der Waals surface area contributed by atoms with Crippen LogP contribution in [0.15, 0.2) is 66.7 Å². The molecule has 1 heterocycles. The zero-order valence-electron chi connectivity index (χ0n) is 19.6. The highest BCUT2D eigenvalue weighted by Crippen LogP contribution is 2.33. The summed E-state index contributed by atoms with van der Waals surface area (Å²) in [5, 5.41) is 20.2. The topological polar surface area (TPSA) is 76.4 Å². The maximum absolute atomic E-state index is 13.2. The van der Waals surface area contributed by atoms with Crippen LogP contribution >= 0.6 is 0 Å². The molecule has 0 aliphatic carbocycles. The van der Waals surface area contributed by atoms with E-state index in [9.17, 15) is 9.90 Å². The van der Waals surface area contributed by atoms with Crippen molar-refractivity contribution in [1.29, 1.82) is 0 Å². The van der Waals surface area contributed by atoms with Crippen molar-refractivity contribution in [3.63, 3.8) is 0 Å². The fraction of sp³-hybridized carbons (Fsp3) is 0.259. The number of amides is 1. The number of rotatable bonds is 5. The summed E-state index contributed by atoms with van der Waals surface area (Å²) in [6, 6.07) is 20.8. The number of nitrogens with one attached hydrogen (secondary N) is 1. The average Bonchev–Trinajstić information content (AvgIpc) is 3.22. The molecular formula is C27H29N3O3. The number of methoxy groups -OCH3 is 1. The van der Waals surface area contributed by atoms with Crippen LogP contribution in [0, 0.1) is 6.92 Å². The highest BCUT2D eigenvalue weighted by atomic mass is 16.5. The minimum Gasteiger partial charge on any atom is -0.496 e. The van der Waals surface area contributed by atoms with Gasteiger partial charge in [0.05, 0.1) is 18.5 Å². The van der Waals surface area contributed by atoms with E-state index in [1.165, 1.54) is 0 Å². The molecule has 0 aliphatic rings. The smallest absolute Gasteiger partial charge is 0.259 e. The van der Waals surface area contributed by atoms with Gasteiger partial charge in [0.1, 0.15) is 11.6 Å². The van der Waals surface area contributed by atoms with Crippen molar-refractivity contribution in [1.82, 2.24) is 9.78 Å². The maximum atomic E-state index is 13.2. The molecule has 0 saturated carbocycles. The lowest BCUT2D eigenvalue weighted by atomic mass is 9.92. The molecule has 0 fully saturated rings. The Bertz CT molecular complexity index is 1300. The zero-order valence-corrected chi connectivity index (χ0v) is 19.6. The molecule has 33 heavy (non-hydrogen) atoms. The van der Waals surface area contributed by atoms with Crippen LogP contribution < -0.4 is 10.1 Å². The summed E-state index contributed by atoms with van der Waals surface area (Å²) in [4.78, 5) is 13.2. The SMILES string of the molecule is COc1ccc(C(O)C(=O)Nc2cc(C(C)(C)C)nn2-c2ccc(C)cc2)c2ccccc12. The maximum Gasteiger partial charge on any atom is 0.259 e. The van der Waals surface area contributed by atoms with Gasteiger partial charge in [0.25, 0.3) is 5.91 Å². The second-order valence-corrected chi connectivity index (χ2v) is 9.21. The number of hydrogen-bond donors (Lipinski definition) is 2. The highest BCUT2D eigenvalue weighted by Gasteiger charge is 2.25. The molecular weight excluding hydrogens is 414 g/mol. The van der Waals surface area contributed by atoms with Crippen LogP contribution in [0.25, 0.3) is 16.5 Å². The Hall–Kier alpha value is -3.64. The largest absolute Gasteiger partial charge is 0.496 e. The Labute approximate surface area is 193 Å². The number of anilines is 1. The minimum atomic E-state index is -1.36. The molecule has 1 amide bonds. The minimum absolute atomic E-state index is 0.208. The summed E-state index contributed by atoms with van der Waals surface area (Å²) >= 11 is 0. The molecule has 6 heteroatoms. The number of carbonyl (C=O) groups is 1. The van der Waals surface area contributed by atoms with Gasteiger partial charge in [-0.25, -0.2) is 4.68 Å². The first-order valence-electron chi connectivity index (χ1n) is 10.9. The number of fused-ring (bicyclic) bond motifs is 1. The number of benzene rings is 3. The second-order valence-electron chi connectivity index (χ2n) is 9.21. The quantitative estimate of drug-likeness (QED) is 0.438. The number of ether oxygens (including phenoxy) is 1.